The van der Waals surface area contributed by atoms with E-state index >= 15 is 0 Å². The minimum atomic E-state index is 0. The highest BCUT2D eigenvalue weighted by Gasteiger charge is 2.26. The van der Waals surface area contributed by atoms with Crippen LogP contribution in [0.5, 0.6) is 0 Å². The SMILES string of the molecule is CCNC(=NC[C@H]1CCCN1CC(C)C)N1CCN(c2ncccn2)CC1.I. The molecule has 0 spiro atoms. The fourth-order valence-corrected chi connectivity index (χ4v) is 4.00. The first kappa shape index (κ1) is 23.1. The molecule has 1 aromatic heterocycles. The lowest BCUT2D eigenvalue weighted by molar-refractivity contribution is 0.230. The average Bonchev–Trinajstić information content (AvgIpc) is 3.12. The summed E-state index contributed by atoms with van der Waals surface area (Å²) in [5, 5.41) is 3.49. The molecule has 158 valence electrons. The van der Waals surface area contributed by atoms with Gasteiger partial charge >= 0.3 is 0 Å². The highest BCUT2D eigenvalue weighted by Crippen LogP contribution is 2.19. The summed E-state index contributed by atoms with van der Waals surface area (Å²) in [5.74, 6) is 2.60. The molecule has 0 saturated carbocycles. The molecule has 0 amide bonds. The standard InChI is InChI=1S/C20H35N7.HI/c1-4-21-19(24-15-18-7-5-10-27(18)16-17(2)3)25-11-13-26(14-12-25)20-22-8-6-9-23-20;/h6,8-9,17-18H,4-5,7,10-16H2,1-3H3,(H,21,24);1H/t18-;/m1./s1. The van der Waals surface area contributed by atoms with Gasteiger partial charge in [-0.1, -0.05) is 13.8 Å². The number of rotatable bonds is 6. The first-order valence-corrected chi connectivity index (χ1v) is 10.5. The number of guanidine groups is 1. The van der Waals surface area contributed by atoms with Gasteiger partial charge in [-0.3, -0.25) is 9.89 Å². The number of aromatic nitrogens is 2. The van der Waals surface area contributed by atoms with Crippen molar-refractivity contribution in [2.24, 2.45) is 10.9 Å². The zero-order valence-electron chi connectivity index (χ0n) is 17.5. The van der Waals surface area contributed by atoms with E-state index in [1.807, 2.05) is 18.5 Å². The number of aliphatic imine (C=N–C) groups is 1. The lowest BCUT2D eigenvalue weighted by Crippen LogP contribution is -2.53. The maximum Gasteiger partial charge on any atom is 0.225 e. The van der Waals surface area contributed by atoms with E-state index < -0.39 is 0 Å². The Bertz CT molecular complexity index is 587. The monoisotopic (exact) mass is 501 g/mol. The maximum atomic E-state index is 5.01. The first-order valence-electron chi connectivity index (χ1n) is 10.5. The second-order valence-corrected chi connectivity index (χ2v) is 7.90. The minimum absolute atomic E-state index is 0. The number of anilines is 1. The molecule has 3 heterocycles. The van der Waals surface area contributed by atoms with Crippen LogP contribution in [0.4, 0.5) is 5.95 Å². The van der Waals surface area contributed by atoms with Gasteiger partial charge in [-0.2, -0.15) is 0 Å². The average molecular weight is 501 g/mol. The fourth-order valence-electron chi connectivity index (χ4n) is 4.00. The van der Waals surface area contributed by atoms with Crippen LogP contribution < -0.4 is 10.2 Å². The summed E-state index contributed by atoms with van der Waals surface area (Å²) in [7, 11) is 0. The van der Waals surface area contributed by atoms with Gasteiger partial charge in [0, 0.05) is 57.7 Å². The zero-order chi connectivity index (χ0) is 19.1. The van der Waals surface area contributed by atoms with Gasteiger partial charge in [0.15, 0.2) is 5.96 Å². The Morgan fingerprint density at radius 2 is 1.89 bits per heavy atom. The van der Waals surface area contributed by atoms with E-state index in [-0.39, 0.29) is 24.0 Å². The van der Waals surface area contributed by atoms with Crippen molar-refractivity contribution >= 4 is 35.9 Å². The summed E-state index contributed by atoms with van der Waals surface area (Å²) in [4.78, 5) is 21.0. The Morgan fingerprint density at radius 1 is 1.18 bits per heavy atom. The predicted octanol–water partition coefficient (Wildman–Crippen LogP) is 2.30. The second-order valence-electron chi connectivity index (χ2n) is 7.90. The van der Waals surface area contributed by atoms with Crippen LogP contribution in [0.15, 0.2) is 23.5 Å². The van der Waals surface area contributed by atoms with Crippen LogP contribution in [0.3, 0.4) is 0 Å². The number of nitrogens with one attached hydrogen (secondary N) is 1. The molecule has 0 radical (unpaired) electrons. The molecule has 3 rings (SSSR count). The van der Waals surface area contributed by atoms with Crippen molar-refractivity contribution in [3.8, 4) is 0 Å². The van der Waals surface area contributed by atoms with Crippen molar-refractivity contribution in [1.82, 2.24) is 25.1 Å². The lowest BCUT2D eigenvalue weighted by Gasteiger charge is -2.36. The van der Waals surface area contributed by atoms with Gasteiger partial charge < -0.3 is 15.1 Å². The normalized spacial score (nSPS) is 21.1. The number of nitrogens with zero attached hydrogens (tertiary/aromatic N) is 6. The van der Waals surface area contributed by atoms with Crippen LogP contribution >= 0.6 is 24.0 Å². The summed E-state index contributed by atoms with van der Waals surface area (Å²) < 4.78 is 0. The molecular formula is C20H36IN7. The zero-order valence-corrected chi connectivity index (χ0v) is 19.9. The van der Waals surface area contributed by atoms with Gasteiger partial charge in [-0.05, 0) is 38.3 Å². The Kier molecular flexibility index (Phi) is 9.70. The third kappa shape index (κ3) is 6.43. The third-order valence-electron chi connectivity index (χ3n) is 5.30. The molecule has 7 nitrogen and oxygen atoms in total. The Hall–Kier alpha value is -1.16. The van der Waals surface area contributed by atoms with Crippen LogP contribution in [0.2, 0.25) is 0 Å². The molecule has 0 aromatic carbocycles. The molecule has 2 saturated heterocycles. The fraction of sp³-hybridized carbons (Fsp3) is 0.750. The Morgan fingerprint density at radius 3 is 2.54 bits per heavy atom. The van der Waals surface area contributed by atoms with E-state index in [9.17, 15) is 0 Å². The summed E-state index contributed by atoms with van der Waals surface area (Å²) >= 11 is 0. The van der Waals surface area contributed by atoms with Gasteiger partial charge in [0.2, 0.25) is 5.95 Å². The number of likely N-dealkylation sites (tertiary alicyclic amines) is 1. The Labute approximate surface area is 187 Å². The van der Waals surface area contributed by atoms with E-state index in [0.717, 1.165) is 57.1 Å². The molecule has 0 unspecified atom stereocenters. The quantitative estimate of drug-likeness (QED) is 0.367. The summed E-state index contributed by atoms with van der Waals surface area (Å²) in [6.45, 7) is 14.7. The van der Waals surface area contributed by atoms with E-state index in [0.29, 0.717) is 6.04 Å². The van der Waals surface area contributed by atoms with Crippen molar-refractivity contribution in [3.05, 3.63) is 18.5 Å². The van der Waals surface area contributed by atoms with Crippen LogP contribution in [0, 0.1) is 5.92 Å². The second kappa shape index (κ2) is 11.7. The molecule has 2 aliphatic rings. The summed E-state index contributed by atoms with van der Waals surface area (Å²) in [6.07, 6.45) is 6.20. The molecule has 28 heavy (non-hydrogen) atoms. The number of hydrogen-bond donors (Lipinski definition) is 1. The minimum Gasteiger partial charge on any atom is -0.357 e. The van der Waals surface area contributed by atoms with Crippen LogP contribution in [0.25, 0.3) is 0 Å². The van der Waals surface area contributed by atoms with Crippen molar-refractivity contribution in [2.75, 3.05) is 57.3 Å². The van der Waals surface area contributed by atoms with E-state index in [1.54, 1.807) is 0 Å². The molecule has 1 aromatic rings. The van der Waals surface area contributed by atoms with E-state index in [2.05, 4.69) is 50.8 Å². The topological polar surface area (TPSA) is 59.9 Å². The summed E-state index contributed by atoms with van der Waals surface area (Å²) in [5.41, 5.74) is 0. The molecule has 0 aliphatic carbocycles. The number of hydrogen-bond acceptors (Lipinski definition) is 5. The maximum absolute atomic E-state index is 5.01. The lowest BCUT2D eigenvalue weighted by atomic mass is 10.2. The van der Waals surface area contributed by atoms with Gasteiger partial charge in [0.1, 0.15) is 0 Å². The molecule has 2 fully saturated rings. The number of halogens is 1. The largest absolute Gasteiger partial charge is 0.357 e. The van der Waals surface area contributed by atoms with Gasteiger partial charge in [-0.25, -0.2) is 9.97 Å². The molecular weight excluding hydrogens is 465 g/mol. The molecule has 1 atom stereocenters. The smallest absolute Gasteiger partial charge is 0.225 e. The third-order valence-corrected chi connectivity index (χ3v) is 5.30. The van der Waals surface area contributed by atoms with Gasteiger partial charge in [0.05, 0.1) is 6.54 Å². The van der Waals surface area contributed by atoms with Crippen LogP contribution in [0.1, 0.15) is 33.6 Å². The highest BCUT2D eigenvalue weighted by molar-refractivity contribution is 14.0. The Balaban J connectivity index is 0.00000280. The van der Waals surface area contributed by atoms with Crippen LogP contribution in [-0.2, 0) is 0 Å². The van der Waals surface area contributed by atoms with Gasteiger partial charge in [0.25, 0.3) is 0 Å². The van der Waals surface area contributed by atoms with E-state index in [1.165, 1.54) is 25.9 Å². The number of piperazine rings is 1. The van der Waals surface area contributed by atoms with Crippen LogP contribution in [-0.4, -0.2) is 84.1 Å². The molecule has 8 heteroatoms. The first-order chi connectivity index (χ1) is 13.2. The van der Waals surface area contributed by atoms with Crippen molar-refractivity contribution in [2.45, 2.75) is 39.7 Å². The van der Waals surface area contributed by atoms with Crippen molar-refractivity contribution in [3.63, 3.8) is 0 Å². The molecule has 1 N–H and O–H groups in total. The molecule has 0 bridgehead atoms. The van der Waals surface area contributed by atoms with Crippen molar-refractivity contribution < 1.29 is 0 Å². The highest BCUT2D eigenvalue weighted by atomic mass is 127. The van der Waals surface area contributed by atoms with E-state index in [4.69, 9.17) is 4.99 Å². The summed E-state index contributed by atoms with van der Waals surface area (Å²) in [6, 6.07) is 2.46. The van der Waals surface area contributed by atoms with Gasteiger partial charge in [-0.15, -0.1) is 24.0 Å². The van der Waals surface area contributed by atoms with Crippen molar-refractivity contribution in [1.29, 1.82) is 0 Å². The molecule has 2 aliphatic heterocycles. The predicted molar refractivity (Wildman–Crippen MR) is 127 cm³/mol.